The first-order chi connectivity index (χ1) is 12.9. The van der Waals surface area contributed by atoms with Gasteiger partial charge in [-0.3, -0.25) is 4.79 Å². The molecule has 152 valence electrons. The van der Waals surface area contributed by atoms with Crippen molar-refractivity contribution in [1.29, 1.82) is 5.26 Å². The minimum absolute atomic E-state index is 0.0256. The summed E-state index contributed by atoms with van der Waals surface area (Å²) >= 11 is 1.34. The Balaban J connectivity index is 1.87. The highest BCUT2D eigenvalue weighted by Crippen LogP contribution is 2.56. The van der Waals surface area contributed by atoms with E-state index in [0.717, 1.165) is 25.0 Å². The summed E-state index contributed by atoms with van der Waals surface area (Å²) in [6.45, 7) is 5.89. The van der Waals surface area contributed by atoms with Crippen LogP contribution < -0.4 is 10.0 Å². The van der Waals surface area contributed by atoms with Crippen LogP contribution in [-0.2, 0) is 6.18 Å². The van der Waals surface area contributed by atoms with Crippen molar-refractivity contribution in [3.8, 4) is 6.07 Å². The van der Waals surface area contributed by atoms with Crippen LogP contribution in [0.2, 0.25) is 0 Å². The second-order valence-corrected chi connectivity index (χ2v) is 10.5. The maximum absolute atomic E-state index is 13.2. The molecule has 2 saturated carbocycles. The number of amides is 1. The number of anilines is 1. The summed E-state index contributed by atoms with van der Waals surface area (Å²) in [6.07, 6.45) is -1.15. The number of fused-ring (bicyclic) bond motifs is 2. The second kappa shape index (κ2) is 6.87. The molecule has 2 aliphatic rings. The van der Waals surface area contributed by atoms with Crippen LogP contribution in [0.5, 0.6) is 0 Å². The molecule has 8 heteroatoms. The van der Waals surface area contributed by atoms with E-state index in [0.29, 0.717) is 24.9 Å². The molecular formula is C20H24F3N3OS. The predicted molar refractivity (Wildman–Crippen MR) is 104 cm³/mol. The fourth-order valence-corrected chi connectivity index (χ4v) is 4.64. The van der Waals surface area contributed by atoms with Gasteiger partial charge in [-0.2, -0.15) is 18.4 Å². The first-order valence-corrected chi connectivity index (χ1v) is 10.1. The summed E-state index contributed by atoms with van der Waals surface area (Å²) in [5, 5.41) is 12.4. The summed E-state index contributed by atoms with van der Waals surface area (Å²) in [7, 11) is 0. The lowest BCUT2D eigenvalue weighted by Gasteiger charge is -2.29. The number of carbonyl (C=O) groups excluding carboxylic acids is 1. The Bertz CT molecular complexity index is 815. The van der Waals surface area contributed by atoms with Gasteiger partial charge < -0.3 is 10.0 Å². The molecule has 3 rings (SSSR count). The summed E-state index contributed by atoms with van der Waals surface area (Å²) in [4.78, 5) is 13.0. The van der Waals surface area contributed by atoms with Gasteiger partial charge >= 0.3 is 6.18 Å². The van der Waals surface area contributed by atoms with Crippen LogP contribution in [0.4, 0.5) is 18.9 Å². The van der Waals surface area contributed by atoms with Crippen molar-refractivity contribution < 1.29 is 18.0 Å². The predicted octanol–water partition coefficient (Wildman–Crippen LogP) is 5.52. The third kappa shape index (κ3) is 4.24. The van der Waals surface area contributed by atoms with Crippen LogP contribution >= 0.6 is 11.9 Å². The number of benzene rings is 1. The summed E-state index contributed by atoms with van der Waals surface area (Å²) in [5.74, 6) is -0.529. The Morgan fingerprint density at radius 2 is 1.82 bits per heavy atom. The van der Waals surface area contributed by atoms with Gasteiger partial charge in [0.25, 0.3) is 5.91 Å². The van der Waals surface area contributed by atoms with Crippen molar-refractivity contribution in [3.05, 3.63) is 29.3 Å². The van der Waals surface area contributed by atoms with Gasteiger partial charge in [0.05, 0.1) is 28.3 Å². The van der Waals surface area contributed by atoms with Crippen molar-refractivity contribution >= 4 is 23.5 Å². The number of rotatable bonds is 4. The zero-order valence-corrected chi connectivity index (χ0v) is 17.0. The lowest BCUT2D eigenvalue weighted by atomic mass is 9.85. The normalized spacial score (nSPS) is 26.8. The van der Waals surface area contributed by atoms with Crippen LogP contribution in [0, 0.1) is 16.7 Å². The molecule has 2 bridgehead atoms. The molecule has 1 aromatic rings. The average Bonchev–Trinajstić information content (AvgIpc) is 3.14. The zero-order valence-electron chi connectivity index (χ0n) is 16.2. The van der Waals surface area contributed by atoms with Crippen molar-refractivity contribution in [3.63, 3.8) is 0 Å². The van der Waals surface area contributed by atoms with Crippen LogP contribution in [0.25, 0.3) is 0 Å². The molecule has 4 nitrogen and oxygen atoms in total. The lowest BCUT2D eigenvalue weighted by molar-refractivity contribution is -0.137. The van der Waals surface area contributed by atoms with Crippen molar-refractivity contribution in [2.24, 2.45) is 5.41 Å². The van der Waals surface area contributed by atoms with E-state index in [4.69, 9.17) is 0 Å². The fraction of sp³-hybridized carbons (Fsp3) is 0.600. The highest BCUT2D eigenvalue weighted by Gasteiger charge is 2.55. The van der Waals surface area contributed by atoms with Crippen LogP contribution in [0.3, 0.4) is 0 Å². The van der Waals surface area contributed by atoms with E-state index in [1.54, 1.807) is 0 Å². The first kappa shape index (κ1) is 20.8. The van der Waals surface area contributed by atoms with Gasteiger partial charge in [0.2, 0.25) is 0 Å². The number of halogens is 3. The molecule has 0 radical (unpaired) electrons. The Morgan fingerprint density at radius 1 is 1.18 bits per heavy atom. The van der Waals surface area contributed by atoms with Crippen LogP contribution in [-0.4, -0.2) is 16.2 Å². The average molecular weight is 411 g/mol. The molecular weight excluding hydrogens is 387 g/mol. The summed E-state index contributed by atoms with van der Waals surface area (Å²) < 4.78 is 42.4. The second-order valence-electron chi connectivity index (χ2n) is 8.88. The van der Waals surface area contributed by atoms with E-state index in [1.165, 1.54) is 18.0 Å². The van der Waals surface area contributed by atoms with Gasteiger partial charge in [-0.1, -0.05) is 0 Å². The number of hydrogen-bond acceptors (Lipinski definition) is 4. The van der Waals surface area contributed by atoms with Crippen molar-refractivity contribution in [2.75, 3.05) is 4.72 Å². The van der Waals surface area contributed by atoms with E-state index < -0.39 is 28.6 Å². The molecule has 2 aliphatic carbocycles. The van der Waals surface area contributed by atoms with Gasteiger partial charge in [0.1, 0.15) is 0 Å². The van der Waals surface area contributed by atoms with Crippen molar-refractivity contribution in [2.45, 2.75) is 69.3 Å². The van der Waals surface area contributed by atoms with Gasteiger partial charge in [-0.15, -0.1) is 0 Å². The Kier molecular flexibility index (Phi) is 5.11. The molecule has 1 aromatic carbocycles. The molecule has 0 atom stereocenters. The van der Waals surface area contributed by atoms with Crippen LogP contribution in [0.15, 0.2) is 18.2 Å². The summed E-state index contributed by atoms with van der Waals surface area (Å²) in [6, 6.07) is 5.55. The number of hydrogen-bond donors (Lipinski definition) is 2. The zero-order chi connectivity index (χ0) is 20.8. The third-order valence-corrected chi connectivity index (χ3v) is 6.45. The van der Waals surface area contributed by atoms with E-state index in [9.17, 15) is 23.2 Å². The molecule has 28 heavy (non-hydrogen) atoms. The van der Waals surface area contributed by atoms with E-state index in [-0.39, 0.29) is 10.3 Å². The van der Waals surface area contributed by atoms with Gasteiger partial charge in [0, 0.05) is 10.3 Å². The highest BCUT2D eigenvalue weighted by molar-refractivity contribution is 8.01. The molecule has 0 spiro atoms. The topological polar surface area (TPSA) is 64.9 Å². The monoisotopic (exact) mass is 411 g/mol. The minimum Gasteiger partial charge on any atom is -0.346 e. The minimum atomic E-state index is -4.53. The maximum atomic E-state index is 13.2. The Labute approximate surface area is 167 Å². The molecule has 1 amide bonds. The molecule has 0 saturated heterocycles. The Hall–Kier alpha value is -1.88. The quantitative estimate of drug-likeness (QED) is 0.640. The molecule has 2 N–H and O–H groups in total. The molecule has 0 heterocycles. The standard InChI is InChI=1S/C20H24F3N3OS/c1-17(2,3)28-26-15-5-4-13(20(21,22)23)10-14(15)16(27)25-19-8-6-18(11-19,12-24)7-9-19/h4-5,10,26H,6-9,11H2,1-3H3,(H,25,27). The first-order valence-electron chi connectivity index (χ1n) is 9.26. The number of nitriles is 1. The largest absolute Gasteiger partial charge is 0.416 e. The Morgan fingerprint density at radius 3 is 2.32 bits per heavy atom. The SMILES string of the molecule is CC(C)(C)SNc1ccc(C(F)(F)F)cc1C(=O)NC12CCC(C#N)(CC1)C2. The summed E-state index contributed by atoms with van der Waals surface area (Å²) in [5.41, 5.74) is -1.42. The van der Waals surface area contributed by atoms with Crippen LogP contribution in [0.1, 0.15) is 68.8 Å². The van der Waals surface area contributed by atoms with E-state index in [2.05, 4.69) is 16.1 Å². The van der Waals surface area contributed by atoms with E-state index >= 15 is 0 Å². The van der Waals surface area contributed by atoms with Crippen molar-refractivity contribution in [1.82, 2.24) is 5.32 Å². The number of alkyl halides is 3. The maximum Gasteiger partial charge on any atom is 0.416 e. The van der Waals surface area contributed by atoms with Gasteiger partial charge in [0.15, 0.2) is 0 Å². The van der Waals surface area contributed by atoms with E-state index in [1.807, 2.05) is 20.8 Å². The molecule has 0 aliphatic heterocycles. The van der Waals surface area contributed by atoms with Gasteiger partial charge in [-0.25, -0.2) is 0 Å². The fourth-order valence-electron chi connectivity index (χ4n) is 4.04. The van der Waals surface area contributed by atoms with Gasteiger partial charge in [-0.05, 0) is 83.0 Å². The molecule has 0 unspecified atom stereocenters. The number of nitrogens with one attached hydrogen (secondary N) is 2. The smallest absolute Gasteiger partial charge is 0.346 e. The third-order valence-electron chi connectivity index (χ3n) is 5.52. The highest BCUT2D eigenvalue weighted by atomic mass is 32.2. The number of nitrogens with zero attached hydrogens (tertiary/aromatic N) is 1. The number of carbonyl (C=O) groups is 1. The molecule has 2 fully saturated rings. The molecule has 0 aromatic heterocycles. The lowest BCUT2D eigenvalue weighted by Crippen LogP contribution is -2.45.